The number of nitrogens with zero attached hydrogens (tertiary/aromatic N) is 2. The first-order chi connectivity index (χ1) is 10.3. The summed E-state index contributed by atoms with van der Waals surface area (Å²) < 4.78 is 0. The van der Waals surface area contributed by atoms with Crippen molar-refractivity contribution in [1.82, 2.24) is 9.97 Å². The summed E-state index contributed by atoms with van der Waals surface area (Å²) in [5, 5.41) is 3.41. The van der Waals surface area contributed by atoms with E-state index in [1.54, 1.807) is 0 Å². The van der Waals surface area contributed by atoms with Crippen molar-refractivity contribution in [2.45, 2.75) is 44.6 Å². The largest absolute Gasteiger partial charge is 0.383 e. The first kappa shape index (κ1) is 13.9. The van der Waals surface area contributed by atoms with Crippen LogP contribution in [0, 0.1) is 0 Å². The van der Waals surface area contributed by atoms with Crippen LogP contribution in [0.3, 0.4) is 0 Å². The van der Waals surface area contributed by atoms with Crippen molar-refractivity contribution < 1.29 is 0 Å². The molecule has 0 saturated heterocycles. The third kappa shape index (κ3) is 3.72. The molecular weight excluding hydrogens is 260 g/mol. The Morgan fingerprint density at radius 3 is 2.57 bits per heavy atom. The molecule has 1 heterocycles. The van der Waals surface area contributed by atoms with Crippen LogP contribution in [0.25, 0.3) is 0 Å². The molecule has 4 heteroatoms. The number of nitrogens with two attached hydrogens (primary N) is 1. The van der Waals surface area contributed by atoms with Crippen LogP contribution in [-0.2, 0) is 6.42 Å². The Hall–Kier alpha value is -2.10. The third-order valence-electron chi connectivity index (χ3n) is 4.07. The van der Waals surface area contributed by atoms with E-state index in [0.29, 0.717) is 17.8 Å². The van der Waals surface area contributed by atoms with Gasteiger partial charge in [0.25, 0.3) is 0 Å². The Morgan fingerprint density at radius 1 is 1.10 bits per heavy atom. The smallest absolute Gasteiger partial charge is 0.224 e. The molecule has 110 valence electrons. The van der Waals surface area contributed by atoms with Gasteiger partial charge in [0.05, 0.1) is 0 Å². The average Bonchev–Trinajstić information content (AvgIpc) is 2.52. The maximum atomic E-state index is 6.08. The Morgan fingerprint density at radius 2 is 1.86 bits per heavy atom. The molecule has 0 radical (unpaired) electrons. The highest BCUT2D eigenvalue weighted by molar-refractivity contribution is 5.45. The van der Waals surface area contributed by atoms with Crippen molar-refractivity contribution in [3.63, 3.8) is 0 Å². The van der Waals surface area contributed by atoms with Crippen LogP contribution in [-0.4, -0.2) is 16.0 Å². The zero-order chi connectivity index (χ0) is 14.5. The Labute approximate surface area is 125 Å². The molecule has 3 N–H and O–H groups in total. The standard InChI is InChI=1S/C17H22N4/c18-16-14(11-13-7-3-1-4-8-13)12-19-17(21-16)20-15-9-5-2-6-10-15/h1,3-4,7-8,12,15H,2,5-6,9-11H2,(H3,18,19,20,21). The number of anilines is 2. The summed E-state index contributed by atoms with van der Waals surface area (Å²) in [4.78, 5) is 8.85. The SMILES string of the molecule is Nc1nc(NC2CCCCC2)ncc1Cc1ccccc1. The van der Waals surface area contributed by atoms with Crippen molar-refractivity contribution >= 4 is 11.8 Å². The first-order valence-electron chi connectivity index (χ1n) is 7.73. The molecule has 1 fully saturated rings. The highest BCUT2D eigenvalue weighted by atomic mass is 15.1. The molecule has 2 aromatic rings. The molecule has 0 unspecified atom stereocenters. The van der Waals surface area contributed by atoms with E-state index in [2.05, 4.69) is 27.4 Å². The van der Waals surface area contributed by atoms with Gasteiger partial charge in [0.2, 0.25) is 5.95 Å². The lowest BCUT2D eigenvalue weighted by Gasteiger charge is -2.22. The predicted molar refractivity (Wildman–Crippen MR) is 86.2 cm³/mol. The van der Waals surface area contributed by atoms with Crippen LogP contribution in [0.1, 0.15) is 43.2 Å². The summed E-state index contributed by atoms with van der Waals surface area (Å²) in [6.07, 6.45) is 8.95. The number of nitrogen functional groups attached to an aromatic ring is 1. The van der Waals surface area contributed by atoms with Crippen LogP contribution >= 0.6 is 0 Å². The fraction of sp³-hybridized carbons (Fsp3) is 0.412. The minimum Gasteiger partial charge on any atom is -0.383 e. The highest BCUT2D eigenvalue weighted by Crippen LogP contribution is 2.21. The lowest BCUT2D eigenvalue weighted by molar-refractivity contribution is 0.461. The molecule has 0 aliphatic heterocycles. The second-order valence-electron chi connectivity index (χ2n) is 5.75. The van der Waals surface area contributed by atoms with Gasteiger partial charge in [-0.1, -0.05) is 49.6 Å². The molecular formula is C17H22N4. The lowest BCUT2D eigenvalue weighted by atomic mass is 9.96. The Bertz CT molecular complexity index is 577. The highest BCUT2D eigenvalue weighted by Gasteiger charge is 2.14. The van der Waals surface area contributed by atoms with Gasteiger partial charge in [0.15, 0.2) is 0 Å². The molecule has 4 nitrogen and oxygen atoms in total. The van der Waals surface area contributed by atoms with Gasteiger partial charge in [0, 0.05) is 24.2 Å². The van der Waals surface area contributed by atoms with Crippen LogP contribution in [0.2, 0.25) is 0 Å². The number of rotatable bonds is 4. The van der Waals surface area contributed by atoms with Crippen LogP contribution in [0.4, 0.5) is 11.8 Å². The molecule has 21 heavy (non-hydrogen) atoms. The minimum atomic E-state index is 0.498. The molecule has 0 bridgehead atoms. The van der Waals surface area contributed by atoms with Crippen molar-refractivity contribution in [2.75, 3.05) is 11.1 Å². The summed E-state index contributed by atoms with van der Waals surface area (Å²) >= 11 is 0. The second-order valence-corrected chi connectivity index (χ2v) is 5.75. The fourth-order valence-corrected chi connectivity index (χ4v) is 2.87. The zero-order valence-electron chi connectivity index (χ0n) is 12.3. The van der Waals surface area contributed by atoms with Gasteiger partial charge >= 0.3 is 0 Å². The van der Waals surface area contributed by atoms with Crippen LogP contribution in [0.15, 0.2) is 36.5 Å². The van der Waals surface area contributed by atoms with Gasteiger partial charge < -0.3 is 11.1 Å². The molecule has 1 aromatic heterocycles. The second kappa shape index (κ2) is 6.57. The molecule has 1 aliphatic carbocycles. The van der Waals surface area contributed by atoms with E-state index in [4.69, 9.17) is 5.73 Å². The molecule has 3 rings (SSSR count). The number of hydrogen-bond acceptors (Lipinski definition) is 4. The fourth-order valence-electron chi connectivity index (χ4n) is 2.87. The van der Waals surface area contributed by atoms with Gasteiger partial charge in [-0.3, -0.25) is 0 Å². The van der Waals surface area contributed by atoms with E-state index in [1.165, 1.54) is 37.7 Å². The van der Waals surface area contributed by atoms with Gasteiger partial charge in [-0.05, 0) is 18.4 Å². The quantitative estimate of drug-likeness (QED) is 0.902. The topological polar surface area (TPSA) is 63.8 Å². The van der Waals surface area contributed by atoms with Gasteiger partial charge in [-0.2, -0.15) is 4.98 Å². The third-order valence-corrected chi connectivity index (χ3v) is 4.07. The molecule has 0 spiro atoms. The first-order valence-corrected chi connectivity index (χ1v) is 7.73. The van der Waals surface area contributed by atoms with Crippen molar-refractivity contribution in [1.29, 1.82) is 0 Å². The van der Waals surface area contributed by atoms with E-state index < -0.39 is 0 Å². The van der Waals surface area contributed by atoms with E-state index in [9.17, 15) is 0 Å². The van der Waals surface area contributed by atoms with Gasteiger partial charge in [-0.15, -0.1) is 0 Å². The van der Waals surface area contributed by atoms with Crippen LogP contribution < -0.4 is 11.1 Å². The summed E-state index contributed by atoms with van der Waals surface area (Å²) in [5.74, 6) is 1.24. The van der Waals surface area contributed by atoms with Crippen molar-refractivity contribution in [3.8, 4) is 0 Å². The average molecular weight is 282 g/mol. The van der Waals surface area contributed by atoms with E-state index in [0.717, 1.165) is 12.0 Å². The maximum Gasteiger partial charge on any atom is 0.224 e. The van der Waals surface area contributed by atoms with Gasteiger partial charge in [0.1, 0.15) is 5.82 Å². The molecule has 0 amide bonds. The van der Waals surface area contributed by atoms with E-state index in [-0.39, 0.29) is 0 Å². The van der Waals surface area contributed by atoms with Crippen molar-refractivity contribution in [3.05, 3.63) is 47.7 Å². The summed E-state index contributed by atoms with van der Waals surface area (Å²) in [5.41, 5.74) is 8.29. The molecule has 1 aliphatic rings. The number of aromatic nitrogens is 2. The molecule has 0 atom stereocenters. The number of nitrogens with one attached hydrogen (secondary N) is 1. The Kier molecular flexibility index (Phi) is 4.34. The van der Waals surface area contributed by atoms with Crippen LogP contribution in [0.5, 0.6) is 0 Å². The number of hydrogen-bond donors (Lipinski definition) is 2. The molecule has 1 aromatic carbocycles. The summed E-state index contributed by atoms with van der Waals surface area (Å²) in [6, 6.07) is 10.8. The van der Waals surface area contributed by atoms with Crippen molar-refractivity contribution in [2.24, 2.45) is 0 Å². The lowest BCUT2D eigenvalue weighted by Crippen LogP contribution is -2.23. The minimum absolute atomic E-state index is 0.498. The summed E-state index contributed by atoms with van der Waals surface area (Å²) in [7, 11) is 0. The van der Waals surface area contributed by atoms with E-state index >= 15 is 0 Å². The predicted octanol–water partition coefficient (Wildman–Crippen LogP) is 3.39. The zero-order valence-corrected chi connectivity index (χ0v) is 12.3. The van der Waals surface area contributed by atoms with E-state index in [1.807, 2.05) is 24.4 Å². The number of benzene rings is 1. The monoisotopic (exact) mass is 282 g/mol. The molecule has 1 saturated carbocycles. The van der Waals surface area contributed by atoms with Gasteiger partial charge in [-0.25, -0.2) is 4.98 Å². The Balaban J connectivity index is 1.67. The maximum absolute atomic E-state index is 6.08. The normalized spacial score (nSPS) is 15.8. The summed E-state index contributed by atoms with van der Waals surface area (Å²) in [6.45, 7) is 0.